The molecule has 0 saturated carbocycles. The lowest BCUT2D eigenvalue weighted by Gasteiger charge is -1.99. The fourth-order valence-corrected chi connectivity index (χ4v) is 2.95. The first-order chi connectivity index (χ1) is 10.2. The first-order valence-corrected chi connectivity index (χ1v) is 7.02. The van der Waals surface area contributed by atoms with Crippen LogP contribution in [0.1, 0.15) is 10.4 Å². The Labute approximate surface area is 125 Å². The lowest BCUT2D eigenvalue weighted by atomic mass is 10.2. The highest BCUT2D eigenvalue weighted by molar-refractivity contribution is 7.21. The molecule has 6 heteroatoms. The molecule has 3 aromatic rings. The second-order valence-electron chi connectivity index (χ2n) is 4.28. The minimum Gasteiger partial charge on any atom is -0.481 e. The average Bonchev–Trinajstić information content (AvgIpc) is 2.97. The van der Waals surface area contributed by atoms with Crippen LogP contribution in [0.15, 0.2) is 36.5 Å². The molecule has 0 atom stereocenters. The van der Waals surface area contributed by atoms with Gasteiger partial charge in [-0.2, -0.15) is 0 Å². The van der Waals surface area contributed by atoms with Crippen molar-refractivity contribution in [3.05, 3.63) is 42.1 Å². The summed E-state index contributed by atoms with van der Waals surface area (Å²) in [6.45, 7) is 0. The third-order valence-corrected chi connectivity index (χ3v) is 4.07. The second-order valence-corrected chi connectivity index (χ2v) is 5.31. The average molecular weight is 300 g/mol. The number of ether oxygens (including phenoxy) is 2. The summed E-state index contributed by atoms with van der Waals surface area (Å²) >= 11 is 1.51. The number of fused-ring (bicyclic) bond motifs is 1. The maximum Gasteiger partial charge on any atom is 0.337 e. The Hall–Kier alpha value is -2.47. The van der Waals surface area contributed by atoms with E-state index in [2.05, 4.69) is 9.97 Å². The van der Waals surface area contributed by atoms with Crippen molar-refractivity contribution in [2.75, 3.05) is 14.2 Å². The van der Waals surface area contributed by atoms with E-state index in [1.807, 2.05) is 18.2 Å². The summed E-state index contributed by atoms with van der Waals surface area (Å²) in [4.78, 5) is 20.2. The Bertz CT molecular complexity index is 814. The molecule has 1 aromatic carbocycles. The number of benzene rings is 1. The van der Waals surface area contributed by atoms with Gasteiger partial charge in [-0.05, 0) is 24.3 Å². The van der Waals surface area contributed by atoms with Crippen molar-refractivity contribution in [1.29, 1.82) is 0 Å². The number of rotatable bonds is 3. The Balaban J connectivity index is 2.06. The molecule has 106 valence electrons. The van der Waals surface area contributed by atoms with E-state index in [1.54, 1.807) is 25.4 Å². The molecule has 5 nitrogen and oxygen atoms in total. The lowest BCUT2D eigenvalue weighted by Crippen LogP contribution is -1.99. The SMILES string of the molecule is COC(=O)c1ccc2nc(-c3ccnc(OC)c3)sc2c1. The number of nitrogens with zero attached hydrogens (tertiary/aromatic N) is 2. The summed E-state index contributed by atoms with van der Waals surface area (Å²) in [6, 6.07) is 9.03. The molecule has 0 fully saturated rings. The zero-order valence-corrected chi connectivity index (χ0v) is 12.3. The molecule has 0 unspecified atom stereocenters. The third kappa shape index (κ3) is 2.57. The fraction of sp³-hybridized carbons (Fsp3) is 0.133. The van der Waals surface area contributed by atoms with E-state index in [0.29, 0.717) is 11.4 Å². The van der Waals surface area contributed by atoms with Gasteiger partial charge in [0.1, 0.15) is 5.01 Å². The highest BCUT2D eigenvalue weighted by atomic mass is 32.1. The normalized spacial score (nSPS) is 10.6. The van der Waals surface area contributed by atoms with Crippen LogP contribution in [0.3, 0.4) is 0 Å². The molecule has 2 heterocycles. The third-order valence-electron chi connectivity index (χ3n) is 3.00. The number of esters is 1. The maximum atomic E-state index is 11.6. The number of carbonyl (C=O) groups excluding carboxylic acids is 1. The van der Waals surface area contributed by atoms with Crippen molar-refractivity contribution in [3.63, 3.8) is 0 Å². The highest BCUT2D eigenvalue weighted by Gasteiger charge is 2.11. The van der Waals surface area contributed by atoms with Gasteiger partial charge in [0.25, 0.3) is 0 Å². The molecule has 0 radical (unpaired) electrons. The van der Waals surface area contributed by atoms with Gasteiger partial charge in [0.05, 0.1) is 30.0 Å². The molecule has 2 aromatic heterocycles. The number of pyridine rings is 1. The van der Waals surface area contributed by atoms with Gasteiger partial charge in [0, 0.05) is 17.8 Å². The summed E-state index contributed by atoms with van der Waals surface area (Å²) in [7, 11) is 2.95. The number of aromatic nitrogens is 2. The van der Waals surface area contributed by atoms with Crippen molar-refractivity contribution in [2.45, 2.75) is 0 Å². The Morgan fingerprint density at radius 3 is 2.81 bits per heavy atom. The molecule has 0 amide bonds. The highest BCUT2D eigenvalue weighted by Crippen LogP contribution is 2.31. The second kappa shape index (κ2) is 5.49. The van der Waals surface area contributed by atoms with Crippen LogP contribution in [0.5, 0.6) is 5.88 Å². The molecule has 0 spiro atoms. The summed E-state index contributed by atoms with van der Waals surface area (Å²) in [5.74, 6) is 0.194. The van der Waals surface area contributed by atoms with E-state index in [0.717, 1.165) is 20.8 Å². The Morgan fingerprint density at radius 2 is 2.05 bits per heavy atom. The van der Waals surface area contributed by atoms with Crippen molar-refractivity contribution in [2.24, 2.45) is 0 Å². The minimum atomic E-state index is -0.350. The number of thiazole rings is 1. The Kier molecular flexibility index (Phi) is 3.53. The maximum absolute atomic E-state index is 11.6. The molecule has 0 N–H and O–H groups in total. The van der Waals surface area contributed by atoms with E-state index in [9.17, 15) is 4.79 Å². The predicted octanol–water partition coefficient (Wildman–Crippen LogP) is 3.15. The van der Waals surface area contributed by atoms with Gasteiger partial charge >= 0.3 is 5.97 Å². The van der Waals surface area contributed by atoms with Gasteiger partial charge < -0.3 is 9.47 Å². The van der Waals surface area contributed by atoms with Crippen molar-refractivity contribution in [1.82, 2.24) is 9.97 Å². The van der Waals surface area contributed by atoms with Gasteiger partial charge in [0.15, 0.2) is 0 Å². The standard InChI is InChI=1S/C15H12N2O3S/c1-19-13-8-9(5-6-16-13)14-17-11-4-3-10(15(18)20-2)7-12(11)21-14/h3-8H,1-2H3. The molecule has 0 saturated heterocycles. The molecule has 21 heavy (non-hydrogen) atoms. The van der Waals surface area contributed by atoms with E-state index in [-0.39, 0.29) is 5.97 Å². The van der Waals surface area contributed by atoms with Crippen LogP contribution in [0.25, 0.3) is 20.8 Å². The van der Waals surface area contributed by atoms with Crippen LogP contribution in [-0.2, 0) is 4.74 Å². The fourth-order valence-electron chi connectivity index (χ4n) is 1.95. The van der Waals surface area contributed by atoms with Crippen molar-refractivity contribution < 1.29 is 14.3 Å². The molecular formula is C15H12N2O3S. The van der Waals surface area contributed by atoms with Gasteiger partial charge in [-0.15, -0.1) is 11.3 Å². The topological polar surface area (TPSA) is 61.3 Å². The summed E-state index contributed by atoms with van der Waals surface area (Å²) in [5.41, 5.74) is 2.30. The van der Waals surface area contributed by atoms with Crippen LogP contribution in [0.2, 0.25) is 0 Å². The van der Waals surface area contributed by atoms with E-state index >= 15 is 0 Å². The largest absolute Gasteiger partial charge is 0.481 e. The first-order valence-electron chi connectivity index (χ1n) is 6.20. The summed E-state index contributed by atoms with van der Waals surface area (Å²) < 4.78 is 10.8. The monoisotopic (exact) mass is 300 g/mol. The van der Waals surface area contributed by atoms with Gasteiger partial charge in [0.2, 0.25) is 5.88 Å². The molecule has 0 aliphatic carbocycles. The summed E-state index contributed by atoms with van der Waals surface area (Å²) in [6.07, 6.45) is 1.68. The number of methoxy groups -OCH3 is 2. The zero-order valence-electron chi connectivity index (χ0n) is 11.5. The van der Waals surface area contributed by atoms with E-state index in [4.69, 9.17) is 9.47 Å². The predicted molar refractivity (Wildman–Crippen MR) is 80.7 cm³/mol. The van der Waals surface area contributed by atoms with E-state index < -0.39 is 0 Å². The van der Waals surface area contributed by atoms with Gasteiger partial charge in [-0.1, -0.05) is 0 Å². The lowest BCUT2D eigenvalue weighted by molar-refractivity contribution is 0.0601. The number of carbonyl (C=O) groups is 1. The molecular weight excluding hydrogens is 288 g/mol. The van der Waals surface area contributed by atoms with Crippen LogP contribution in [0.4, 0.5) is 0 Å². The van der Waals surface area contributed by atoms with E-state index in [1.165, 1.54) is 18.4 Å². The zero-order chi connectivity index (χ0) is 14.8. The molecule has 0 aliphatic heterocycles. The molecule has 3 rings (SSSR count). The van der Waals surface area contributed by atoms with Crippen molar-refractivity contribution in [3.8, 4) is 16.5 Å². The van der Waals surface area contributed by atoms with Crippen molar-refractivity contribution >= 4 is 27.5 Å². The smallest absolute Gasteiger partial charge is 0.337 e. The molecule has 0 aliphatic rings. The van der Waals surface area contributed by atoms with Gasteiger partial charge in [-0.25, -0.2) is 14.8 Å². The first kappa shape index (κ1) is 13.5. The van der Waals surface area contributed by atoms with Crippen LogP contribution in [-0.4, -0.2) is 30.2 Å². The van der Waals surface area contributed by atoms with Crippen LogP contribution in [0, 0.1) is 0 Å². The van der Waals surface area contributed by atoms with Crippen LogP contribution >= 0.6 is 11.3 Å². The Morgan fingerprint density at radius 1 is 1.19 bits per heavy atom. The quantitative estimate of drug-likeness (QED) is 0.695. The van der Waals surface area contributed by atoms with Crippen LogP contribution < -0.4 is 4.74 Å². The number of hydrogen-bond donors (Lipinski definition) is 0. The minimum absolute atomic E-state index is 0.350. The number of hydrogen-bond acceptors (Lipinski definition) is 6. The summed E-state index contributed by atoms with van der Waals surface area (Å²) in [5, 5.41) is 0.854. The van der Waals surface area contributed by atoms with Gasteiger partial charge in [-0.3, -0.25) is 0 Å². The molecule has 0 bridgehead atoms.